The molecule has 0 bridgehead atoms. The van der Waals surface area contributed by atoms with Gasteiger partial charge in [-0.05, 0) is 42.3 Å². The van der Waals surface area contributed by atoms with Gasteiger partial charge in [-0.25, -0.2) is 4.79 Å². The molecule has 0 aliphatic rings. The van der Waals surface area contributed by atoms with Gasteiger partial charge in [0.15, 0.2) is 0 Å². The van der Waals surface area contributed by atoms with Crippen LogP contribution in [0.4, 0.5) is 10.5 Å². The molecule has 2 rings (SSSR count). The van der Waals surface area contributed by atoms with Gasteiger partial charge in [-0.3, -0.25) is 0 Å². The first-order valence-electron chi connectivity index (χ1n) is 6.59. The lowest BCUT2D eigenvalue weighted by Gasteiger charge is -2.19. The summed E-state index contributed by atoms with van der Waals surface area (Å²) in [5, 5.41) is 4.42. The second-order valence-electron chi connectivity index (χ2n) is 4.96. The van der Waals surface area contributed by atoms with Crippen molar-refractivity contribution in [2.24, 2.45) is 0 Å². The van der Waals surface area contributed by atoms with Crippen molar-refractivity contribution in [3.05, 3.63) is 62.6 Å². The van der Waals surface area contributed by atoms with Crippen LogP contribution in [0.25, 0.3) is 0 Å². The first kappa shape index (κ1) is 16.9. The zero-order valence-corrected chi connectivity index (χ0v) is 14.4. The number of halogens is 3. The third-order valence-electron chi connectivity index (χ3n) is 3.22. The lowest BCUT2D eigenvalue weighted by Crippen LogP contribution is -2.31. The summed E-state index contributed by atoms with van der Waals surface area (Å²) in [4.78, 5) is 13.8. The average Bonchev–Trinajstić information content (AvgIpc) is 2.46. The third kappa shape index (κ3) is 4.07. The van der Waals surface area contributed by atoms with Gasteiger partial charge in [0, 0.05) is 24.3 Å². The topological polar surface area (TPSA) is 32.3 Å². The van der Waals surface area contributed by atoms with Crippen molar-refractivity contribution in [3.8, 4) is 0 Å². The van der Waals surface area contributed by atoms with Gasteiger partial charge < -0.3 is 10.2 Å². The highest BCUT2D eigenvalue weighted by Gasteiger charge is 2.13. The van der Waals surface area contributed by atoms with Gasteiger partial charge in [-0.15, -0.1) is 0 Å². The van der Waals surface area contributed by atoms with Crippen LogP contribution in [-0.2, 0) is 6.54 Å². The zero-order valence-electron chi connectivity index (χ0n) is 12.2. The van der Waals surface area contributed by atoms with E-state index in [-0.39, 0.29) is 6.03 Å². The minimum Gasteiger partial charge on any atom is -0.323 e. The van der Waals surface area contributed by atoms with E-state index in [1.54, 1.807) is 37.4 Å². The van der Waals surface area contributed by atoms with Gasteiger partial charge in [0.2, 0.25) is 0 Å². The average molecular weight is 358 g/mol. The maximum absolute atomic E-state index is 12.3. The van der Waals surface area contributed by atoms with Crippen molar-refractivity contribution in [3.63, 3.8) is 0 Å². The first-order valence-corrected chi connectivity index (χ1v) is 7.73. The Labute approximate surface area is 144 Å². The summed E-state index contributed by atoms with van der Waals surface area (Å²) in [6, 6.07) is 10.4. The number of rotatable bonds is 3. The third-order valence-corrected chi connectivity index (χ3v) is 4.31. The summed E-state index contributed by atoms with van der Waals surface area (Å²) in [6.07, 6.45) is 0. The Bertz CT molecular complexity index is 704. The molecule has 6 heteroatoms. The second kappa shape index (κ2) is 7.23. The number of hydrogen-bond acceptors (Lipinski definition) is 1. The molecule has 0 unspecified atom stereocenters. The summed E-state index contributed by atoms with van der Waals surface area (Å²) in [5.41, 5.74) is 2.41. The van der Waals surface area contributed by atoms with Crippen LogP contribution in [0.2, 0.25) is 15.1 Å². The Hall–Kier alpha value is -1.42. The highest BCUT2D eigenvalue weighted by Crippen LogP contribution is 2.26. The van der Waals surface area contributed by atoms with E-state index in [9.17, 15) is 4.79 Å². The Balaban J connectivity index is 2.07. The van der Waals surface area contributed by atoms with Crippen LogP contribution >= 0.6 is 34.8 Å². The van der Waals surface area contributed by atoms with Crippen LogP contribution < -0.4 is 5.32 Å². The minimum absolute atomic E-state index is 0.235. The molecule has 22 heavy (non-hydrogen) atoms. The van der Waals surface area contributed by atoms with Crippen molar-refractivity contribution >= 4 is 46.5 Å². The van der Waals surface area contributed by atoms with Crippen LogP contribution in [-0.4, -0.2) is 18.0 Å². The number of carbonyl (C=O) groups is 1. The molecular formula is C16H15Cl3N2O. The molecule has 0 spiro atoms. The number of nitrogens with zero attached hydrogens (tertiary/aromatic N) is 1. The number of anilines is 1. The van der Waals surface area contributed by atoms with E-state index in [4.69, 9.17) is 34.8 Å². The Morgan fingerprint density at radius 1 is 1.18 bits per heavy atom. The zero-order chi connectivity index (χ0) is 16.3. The largest absolute Gasteiger partial charge is 0.323 e. The summed E-state index contributed by atoms with van der Waals surface area (Å²) in [6.45, 7) is 2.24. The summed E-state index contributed by atoms with van der Waals surface area (Å²) < 4.78 is 0. The van der Waals surface area contributed by atoms with E-state index in [2.05, 4.69) is 5.32 Å². The monoisotopic (exact) mass is 356 g/mol. The molecule has 0 radical (unpaired) electrons. The molecule has 0 atom stereocenters. The summed E-state index contributed by atoms with van der Waals surface area (Å²) in [7, 11) is 1.69. The number of carbonyl (C=O) groups excluding carboxylic acids is 1. The van der Waals surface area contributed by atoms with Crippen LogP contribution in [0.15, 0.2) is 36.4 Å². The van der Waals surface area contributed by atoms with E-state index in [1.165, 1.54) is 4.90 Å². The fourth-order valence-electron chi connectivity index (χ4n) is 1.98. The number of urea groups is 1. The number of benzene rings is 2. The fraction of sp³-hybridized carbons (Fsp3) is 0.188. The van der Waals surface area contributed by atoms with E-state index in [0.29, 0.717) is 21.6 Å². The summed E-state index contributed by atoms with van der Waals surface area (Å²) >= 11 is 18.0. The number of amides is 2. The molecule has 3 nitrogen and oxygen atoms in total. The van der Waals surface area contributed by atoms with Crippen molar-refractivity contribution in [1.29, 1.82) is 0 Å². The predicted octanol–water partition coefficient (Wildman–Crippen LogP) is 5.62. The van der Waals surface area contributed by atoms with Gasteiger partial charge in [-0.2, -0.15) is 0 Å². The van der Waals surface area contributed by atoms with Gasteiger partial charge >= 0.3 is 6.03 Å². The highest BCUT2D eigenvalue weighted by atomic mass is 35.5. The number of hydrogen-bond donors (Lipinski definition) is 1. The highest BCUT2D eigenvalue weighted by molar-refractivity contribution is 6.42. The van der Waals surface area contributed by atoms with E-state index in [1.807, 2.05) is 13.0 Å². The molecule has 0 aliphatic carbocycles. The van der Waals surface area contributed by atoms with Gasteiger partial charge in [0.1, 0.15) is 0 Å². The molecule has 2 aromatic rings. The van der Waals surface area contributed by atoms with E-state index < -0.39 is 0 Å². The fourth-order valence-corrected chi connectivity index (χ4v) is 2.58. The molecule has 0 saturated heterocycles. The SMILES string of the molecule is Cc1cc(Cl)ccc1NC(=O)N(C)Cc1cccc(Cl)c1Cl. The van der Waals surface area contributed by atoms with Crippen molar-refractivity contribution in [1.82, 2.24) is 4.90 Å². The maximum Gasteiger partial charge on any atom is 0.321 e. The smallest absolute Gasteiger partial charge is 0.321 e. The van der Waals surface area contributed by atoms with Crippen LogP contribution in [0.1, 0.15) is 11.1 Å². The van der Waals surface area contributed by atoms with Gasteiger partial charge in [0.25, 0.3) is 0 Å². The predicted molar refractivity (Wildman–Crippen MR) is 93.1 cm³/mol. The second-order valence-corrected chi connectivity index (χ2v) is 6.18. The molecule has 0 fully saturated rings. The number of aryl methyl sites for hydroxylation is 1. The van der Waals surface area contributed by atoms with Crippen molar-refractivity contribution in [2.75, 3.05) is 12.4 Å². The van der Waals surface area contributed by atoms with Crippen molar-refractivity contribution < 1.29 is 4.79 Å². The first-order chi connectivity index (χ1) is 10.4. The van der Waals surface area contributed by atoms with Gasteiger partial charge in [-0.1, -0.05) is 46.9 Å². The van der Waals surface area contributed by atoms with Gasteiger partial charge in [0.05, 0.1) is 10.0 Å². The minimum atomic E-state index is -0.235. The molecule has 0 heterocycles. The standard InChI is InChI=1S/C16H15Cl3N2O/c1-10-8-12(17)6-7-14(10)20-16(22)21(2)9-11-4-3-5-13(18)15(11)19/h3-8H,9H2,1-2H3,(H,20,22). The molecular weight excluding hydrogens is 343 g/mol. The Morgan fingerprint density at radius 3 is 2.59 bits per heavy atom. The molecule has 2 aromatic carbocycles. The number of nitrogens with one attached hydrogen (secondary N) is 1. The lowest BCUT2D eigenvalue weighted by atomic mass is 10.2. The lowest BCUT2D eigenvalue weighted by molar-refractivity contribution is 0.220. The molecule has 0 aliphatic heterocycles. The Morgan fingerprint density at radius 2 is 1.91 bits per heavy atom. The van der Waals surface area contributed by atoms with Crippen LogP contribution in [0.5, 0.6) is 0 Å². The van der Waals surface area contributed by atoms with Crippen LogP contribution in [0.3, 0.4) is 0 Å². The van der Waals surface area contributed by atoms with E-state index >= 15 is 0 Å². The Kier molecular flexibility index (Phi) is 5.57. The summed E-state index contributed by atoms with van der Waals surface area (Å²) in [5.74, 6) is 0. The van der Waals surface area contributed by atoms with Crippen molar-refractivity contribution in [2.45, 2.75) is 13.5 Å². The quantitative estimate of drug-likeness (QED) is 0.759. The molecule has 116 valence electrons. The van der Waals surface area contributed by atoms with E-state index in [0.717, 1.165) is 16.8 Å². The van der Waals surface area contributed by atoms with Crippen LogP contribution in [0, 0.1) is 6.92 Å². The normalized spacial score (nSPS) is 10.4. The maximum atomic E-state index is 12.3. The molecule has 0 aromatic heterocycles. The molecule has 1 N–H and O–H groups in total. The molecule has 0 saturated carbocycles. The molecule has 2 amide bonds.